The van der Waals surface area contributed by atoms with Crippen molar-refractivity contribution in [2.45, 2.75) is 45.7 Å². The minimum absolute atomic E-state index is 0.0154. The highest BCUT2D eigenvalue weighted by Gasteiger charge is 2.35. The Morgan fingerprint density at radius 2 is 1.56 bits per heavy atom. The molecule has 0 aromatic heterocycles. The zero-order chi connectivity index (χ0) is 24.7. The lowest BCUT2D eigenvalue weighted by Gasteiger charge is -2.36. The maximum atomic E-state index is 13.2. The summed E-state index contributed by atoms with van der Waals surface area (Å²) in [6, 6.07) is 15.3. The predicted molar refractivity (Wildman–Crippen MR) is 132 cm³/mol. The Hall–Kier alpha value is -3.35. The van der Waals surface area contributed by atoms with E-state index in [1.54, 1.807) is 60.5 Å². The van der Waals surface area contributed by atoms with Crippen LogP contribution in [0.25, 0.3) is 0 Å². The lowest BCUT2D eigenvalue weighted by Crippen LogP contribution is -2.55. The topological polar surface area (TPSA) is 87.7 Å². The van der Waals surface area contributed by atoms with Gasteiger partial charge in [0.25, 0.3) is 11.8 Å². The summed E-state index contributed by atoms with van der Waals surface area (Å²) < 4.78 is 5.23. The number of benzene rings is 2. The van der Waals surface area contributed by atoms with E-state index in [9.17, 15) is 14.4 Å². The minimum atomic E-state index is -0.664. The smallest absolute Gasteiger partial charge is 0.253 e. The lowest BCUT2D eigenvalue weighted by atomic mass is 9.87. The zero-order valence-corrected chi connectivity index (χ0v) is 20.4. The first kappa shape index (κ1) is 25.3. The van der Waals surface area contributed by atoms with Gasteiger partial charge in [-0.05, 0) is 61.9 Å². The Labute approximate surface area is 201 Å². The van der Waals surface area contributed by atoms with Crippen molar-refractivity contribution in [3.05, 3.63) is 65.7 Å². The van der Waals surface area contributed by atoms with Crippen molar-refractivity contribution in [1.82, 2.24) is 15.5 Å². The van der Waals surface area contributed by atoms with Crippen molar-refractivity contribution in [1.29, 1.82) is 0 Å². The van der Waals surface area contributed by atoms with Crippen LogP contribution in [0, 0.1) is 11.8 Å². The fourth-order valence-corrected chi connectivity index (χ4v) is 4.07. The van der Waals surface area contributed by atoms with Crippen molar-refractivity contribution in [3.8, 4) is 5.75 Å². The molecule has 2 aromatic carbocycles. The standard InChI is InChI=1S/C27H35N3O4/c1-18(2)19(3)28-26(32)24(29-25(31)21-9-6-5-7-10-21)20-13-15-30(16-14-20)27(33)22-11-8-12-23(17-22)34-4/h5-12,17-20,24H,13-16H2,1-4H3,(H,28,32)(H,29,31)/t19-,24-/m1/s1. The van der Waals surface area contributed by atoms with Gasteiger partial charge in [0.1, 0.15) is 11.8 Å². The van der Waals surface area contributed by atoms with Crippen molar-refractivity contribution in [2.24, 2.45) is 11.8 Å². The van der Waals surface area contributed by atoms with Crippen molar-refractivity contribution in [2.75, 3.05) is 20.2 Å². The van der Waals surface area contributed by atoms with Crippen LogP contribution in [-0.4, -0.2) is 54.9 Å². The number of likely N-dealkylation sites (tertiary alicyclic amines) is 1. The second kappa shape index (κ2) is 11.7. The Bertz CT molecular complexity index is 984. The Balaban J connectivity index is 1.70. The maximum Gasteiger partial charge on any atom is 0.253 e. The number of nitrogens with one attached hydrogen (secondary N) is 2. The number of carbonyl (C=O) groups excluding carboxylic acids is 3. The fraction of sp³-hybridized carbons (Fsp3) is 0.444. The van der Waals surface area contributed by atoms with Crippen molar-refractivity contribution >= 4 is 17.7 Å². The zero-order valence-electron chi connectivity index (χ0n) is 20.4. The molecule has 1 aliphatic rings. The second-order valence-corrected chi connectivity index (χ2v) is 9.22. The number of methoxy groups -OCH3 is 1. The molecule has 1 heterocycles. The molecule has 7 nitrogen and oxygen atoms in total. The van der Waals surface area contributed by atoms with E-state index in [-0.39, 0.29) is 35.6 Å². The molecule has 0 radical (unpaired) electrons. The van der Waals surface area contributed by atoms with Gasteiger partial charge in [-0.25, -0.2) is 0 Å². The maximum absolute atomic E-state index is 13.2. The molecule has 0 saturated carbocycles. The molecule has 1 aliphatic heterocycles. The Morgan fingerprint density at radius 1 is 0.912 bits per heavy atom. The molecule has 3 rings (SSSR count). The molecular formula is C27H35N3O4. The van der Waals surface area contributed by atoms with Gasteiger partial charge in [-0.1, -0.05) is 38.1 Å². The lowest BCUT2D eigenvalue weighted by molar-refractivity contribution is -0.125. The molecule has 3 amide bonds. The number of hydrogen-bond acceptors (Lipinski definition) is 4. The van der Waals surface area contributed by atoms with Gasteiger partial charge in [0.2, 0.25) is 5.91 Å². The summed E-state index contributed by atoms with van der Waals surface area (Å²) in [6.45, 7) is 7.10. The van der Waals surface area contributed by atoms with Gasteiger partial charge in [-0.3, -0.25) is 14.4 Å². The summed E-state index contributed by atoms with van der Waals surface area (Å²) in [5, 5.41) is 6.02. The second-order valence-electron chi connectivity index (χ2n) is 9.22. The SMILES string of the molecule is COc1cccc(C(=O)N2CCC([C@@H](NC(=O)c3ccccc3)C(=O)N[C@H](C)C(C)C)CC2)c1. The number of amides is 3. The molecule has 0 spiro atoms. The molecule has 182 valence electrons. The number of carbonyl (C=O) groups is 3. The molecule has 0 unspecified atom stereocenters. The molecule has 2 N–H and O–H groups in total. The summed E-state index contributed by atoms with van der Waals surface area (Å²) >= 11 is 0. The third-order valence-corrected chi connectivity index (χ3v) is 6.59. The summed E-state index contributed by atoms with van der Waals surface area (Å²) in [7, 11) is 1.57. The van der Waals surface area contributed by atoms with Crippen LogP contribution in [0.1, 0.15) is 54.3 Å². The monoisotopic (exact) mass is 465 g/mol. The normalized spacial score (nSPS) is 16.0. The van der Waals surface area contributed by atoms with Crippen LogP contribution in [0.4, 0.5) is 0 Å². The summed E-state index contributed by atoms with van der Waals surface area (Å²) in [5.41, 5.74) is 1.10. The van der Waals surface area contributed by atoms with Gasteiger partial charge in [-0.2, -0.15) is 0 Å². The predicted octanol–water partition coefficient (Wildman–Crippen LogP) is 3.51. The van der Waals surface area contributed by atoms with Crippen LogP contribution >= 0.6 is 0 Å². The summed E-state index contributed by atoms with van der Waals surface area (Å²) in [5.74, 6) is 0.342. The van der Waals surface area contributed by atoms with Crippen LogP contribution in [0.2, 0.25) is 0 Å². The van der Waals surface area contributed by atoms with Gasteiger partial charge in [0, 0.05) is 30.3 Å². The molecular weight excluding hydrogens is 430 g/mol. The number of piperidine rings is 1. The first-order chi connectivity index (χ1) is 16.3. The van der Waals surface area contributed by atoms with E-state index in [0.29, 0.717) is 42.8 Å². The molecule has 7 heteroatoms. The van der Waals surface area contributed by atoms with Crippen LogP contribution in [0.5, 0.6) is 5.75 Å². The number of hydrogen-bond donors (Lipinski definition) is 2. The van der Waals surface area contributed by atoms with Gasteiger partial charge in [0.05, 0.1) is 7.11 Å². The largest absolute Gasteiger partial charge is 0.497 e. The van der Waals surface area contributed by atoms with E-state index in [4.69, 9.17) is 4.74 Å². The molecule has 2 atom stereocenters. The molecule has 1 saturated heterocycles. The third kappa shape index (κ3) is 6.37. The highest BCUT2D eigenvalue weighted by atomic mass is 16.5. The third-order valence-electron chi connectivity index (χ3n) is 6.59. The van der Waals surface area contributed by atoms with Gasteiger partial charge in [-0.15, -0.1) is 0 Å². The highest BCUT2D eigenvalue weighted by Crippen LogP contribution is 2.24. The van der Waals surface area contributed by atoms with Crippen molar-refractivity contribution < 1.29 is 19.1 Å². The van der Waals surface area contributed by atoms with Crippen LogP contribution in [-0.2, 0) is 4.79 Å². The van der Waals surface area contributed by atoms with E-state index in [1.807, 2.05) is 26.8 Å². The minimum Gasteiger partial charge on any atom is -0.497 e. The number of rotatable bonds is 8. The van der Waals surface area contributed by atoms with Crippen LogP contribution in [0.15, 0.2) is 54.6 Å². The highest BCUT2D eigenvalue weighted by molar-refractivity contribution is 5.98. The van der Waals surface area contributed by atoms with Gasteiger partial charge in [0.15, 0.2) is 0 Å². The average molecular weight is 466 g/mol. The number of ether oxygens (including phenoxy) is 1. The van der Waals surface area contributed by atoms with Crippen LogP contribution < -0.4 is 15.4 Å². The first-order valence-corrected chi connectivity index (χ1v) is 11.9. The quantitative estimate of drug-likeness (QED) is 0.625. The fourth-order valence-electron chi connectivity index (χ4n) is 4.07. The van der Waals surface area contributed by atoms with Gasteiger partial charge < -0.3 is 20.3 Å². The molecule has 0 aliphatic carbocycles. The first-order valence-electron chi connectivity index (χ1n) is 11.9. The van der Waals surface area contributed by atoms with Gasteiger partial charge >= 0.3 is 0 Å². The van der Waals surface area contributed by atoms with Crippen molar-refractivity contribution in [3.63, 3.8) is 0 Å². The van der Waals surface area contributed by atoms with E-state index in [1.165, 1.54) is 0 Å². The molecule has 2 aromatic rings. The van der Waals surface area contributed by atoms with E-state index >= 15 is 0 Å². The average Bonchev–Trinajstić information content (AvgIpc) is 2.87. The van der Waals surface area contributed by atoms with Crippen LogP contribution in [0.3, 0.4) is 0 Å². The number of nitrogens with zero attached hydrogens (tertiary/aromatic N) is 1. The summed E-state index contributed by atoms with van der Waals surface area (Å²) in [4.78, 5) is 40.9. The molecule has 34 heavy (non-hydrogen) atoms. The van der Waals surface area contributed by atoms with E-state index in [0.717, 1.165) is 0 Å². The Morgan fingerprint density at radius 3 is 2.18 bits per heavy atom. The summed E-state index contributed by atoms with van der Waals surface area (Å²) in [6.07, 6.45) is 1.25. The molecule has 1 fully saturated rings. The molecule has 0 bridgehead atoms. The van der Waals surface area contributed by atoms with E-state index in [2.05, 4.69) is 10.6 Å². The van der Waals surface area contributed by atoms with E-state index < -0.39 is 6.04 Å². The Kier molecular flexibility index (Phi) is 8.68.